The molecule has 0 saturated carbocycles. The van der Waals surface area contributed by atoms with E-state index in [9.17, 15) is 4.79 Å². The smallest absolute Gasteiger partial charge is 0.305 e. The number of aromatic nitrogens is 2. The molecule has 3 N–H and O–H groups in total. The summed E-state index contributed by atoms with van der Waals surface area (Å²) in [6, 6.07) is 5.07. The highest BCUT2D eigenvalue weighted by Crippen LogP contribution is 2.37. The number of thiophene rings is 1. The number of carbonyl (C=O) groups excluding carboxylic acids is 1. The summed E-state index contributed by atoms with van der Waals surface area (Å²) in [6.07, 6.45) is 6.03. The lowest BCUT2D eigenvalue weighted by Gasteiger charge is -2.14. The minimum atomic E-state index is -0.406. The van der Waals surface area contributed by atoms with Gasteiger partial charge in [0, 0.05) is 4.88 Å². The van der Waals surface area contributed by atoms with E-state index in [0.717, 1.165) is 28.6 Å². The molecule has 0 saturated heterocycles. The van der Waals surface area contributed by atoms with Gasteiger partial charge in [-0.2, -0.15) is 0 Å². The van der Waals surface area contributed by atoms with Crippen molar-refractivity contribution in [3.63, 3.8) is 0 Å². The predicted octanol–water partition coefficient (Wildman–Crippen LogP) is 4.68. The number of carbonyl (C=O) groups is 1. The van der Waals surface area contributed by atoms with Crippen LogP contribution in [0.3, 0.4) is 0 Å². The first-order valence-electron chi connectivity index (χ1n) is 8.47. The summed E-state index contributed by atoms with van der Waals surface area (Å²) in [6.45, 7) is 1.89. The van der Waals surface area contributed by atoms with Gasteiger partial charge in [-0.05, 0) is 49.8 Å². The van der Waals surface area contributed by atoms with E-state index in [1.807, 2.05) is 19.1 Å². The van der Waals surface area contributed by atoms with Crippen LogP contribution in [0.5, 0.6) is 0 Å². The fourth-order valence-electron chi connectivity index (χ4n) is 3.24. The molecule has 0 spiro atoms. The standard InChI is InChI=1S/C18H18ClN5OS/c1-10-5-4-7-12(19)15(10)22-18(25)24-23-16-14-11-6-2-3-8-13(11)26-17(14)21-9-20-16/h4-5,7,9H,2-3,6,8H2,1H3,(H,20,21,23)(H2,22,24,25). The van der Waals surface area contributed by atoms with Gasteiger partial charge in [0.1, 0.15) is 11.2 Å². The highest BCUT2D eigenvalue weighted by atomic mass is 35.5. The van der Waals surface area contributed by atoms with Crippen LogP contribution in [0.15, 0.2) is 24.5 Å². The summed E-state index contributed by atoms with van der Waals surface area (Å²) < 4.78 is 0. The van der Waals surface area contributed by atoms with Gasteiger partial charge in [-0.25, -0.2) is 14.8 Å². The van der Waals surface area contributed by atoms with E-state index < -0.39 is 6.03 Å². The number of hydrogen-bond donors (Lipinski definition) is 3. The molecule has 2 amide bonds. The third-order valence-electron chi connectivity index (χ3n) is 4.51. The molecule has 0 fully saturated rings. The Morgan fingerprint density at radius 2 is 2.08 bits per heavy atom. The summed E-state index contributed by atoms with van der Waals surface area (Å²) in [5.74, 6) is 0.625. The third-order valence-corrected chi connectivity index (χ3v) is 6.02. The molecule has 8 heteroatoms. The van der Waals surface area contributed by atoms with Crippen molar-refractivity contribution in [2.45, 2.75) is 32.6 Å². The maximum absolute atomic E-state index is 12.3. The van der Waals surface area contributed by atoms with E-state index in [1.165, 1.54) is 29.6 Å². The number of urea groups is 1. The van der Waals surface area contributed by atoms with Crippen LogP contribution >= 0.6 is 22.9 Å². The monoisotopic (exact) mass is 387 g/mol. The van der Waals surface area contributed by atoms with Gasteiger partial charge in [0.15, 0.2) is 5.82 Å². The zero-order valence-electron chi connectivity index (χ0n) is 14.2. The highest BCUT2D eigenvalue weighted by molar-refractivity contribution is 7.19. The van der Waals surface area contributed by atoms with Gasteiger partial charge in [-0.3, -0.25) is 10.9 Å². The van der Waals surface area contributed by atoms with E-state index in [1.54, 1.807) is 17.4 Å². The quantitative estimate of drug-likeness (QED) is 0.570. The zero-order chi connectivity index (χ0) is 18.1. The first kappa shape index (κ1) is 17.1. The molecule has 0 aliphatic heterocycles. The Balaban J connectivity index is 1.53. The van der Waals surface area contributed by atoms with Crippen molar-refractivity contribution >= 4 is 50.7 Å². The molecule has 2 aromatic heterocycles. The van der Waals surface area contributed by atoms with Crippen molar-refractivity contribution in [2.75, 3.05) is 10.7 Å². The Hall–Kier alpha value is -2.38. The van der Waals surface area contributed by atoms with Gasteiger partial charge in [-0.15, -0.1) is 11.3 Å². The number of nitrogens with zero attached hydrogens (tertiary/aromatic N) is 2. The number of aryl methyl sites for hydroxylation is 3. The van der Waals surface area contributed by atoms with E-state index in [2.05, 4.69) is 26.1 Å². The number of hydrogen-bond acceptors (Lipinski definition) is 5. The van der Waals surface area contributed by atoms with Crippen LogP contribution in [0.2, 0.25) is 5.02 Å². The molecule has 0 radical (unpaired) electrons. The van der Waals surface area contributed by atoms with Crippen LogP contribution in [0.1, 0.15) is 28.8 Å². The number of amides is 2. The van der Waals surface area contributed by atoms with E-state index in [0.29, 0.717) is 16.5 Å². The van der Waals surface area contributed by atoms with Crippen LogP contribution in [-0.2, 0) is 12.8 Å². The molecule has 3 aromatic rings. The Kier molecular flexibility index (Phi) is 4.65. The van der Waals surface area contributed by atoms with Crippen molar-refractivity contribution in [2.24, 2.45) is 0 Å². The molecule has 4 rings (SSSR count). The second-order valence-corrected chi connectivity index (χ2v) is 7.74. The van der Waals surface area contributed by atoms with Crippen molar-refractivity contribution in [3.05, 3.63) is 45.6 Å². The highest BCUT2D eigenvalue weighted by Gasteiger charge is 2.20. The molecule has 0 unspecified atom stereocenters. The van der Waals surface area contributed by atoms with Crippen LogP contribution in [0, 0.1) is 6.92 Å². The molecule has 1 aromatic carbocycles. The Labute approximate surface area is 160 Å². The summed E-state index contributed by atoms with van der Waals surface area (Å²) in [5.41, 5.74) is 8.37. The number of para-hydroxylation sites is 1. The van der Waals surface area contributed by atoms with Crippen molar-refractivity contribution in [1.29, 1.82) is 0 Å². The maximum atomic E-state index is 12.3. The first-order valence-corrected chi connectivity index (χ1v) is 9.66. The van der Waals surface area contributed by atoms with E-state index in [-0.39, 0.29) is 0 Å². The molecular formula is C18H18ClN5OS. The number of anilines is 2. The first-order chi connectivity index (χ1) is 12.6. The lowest BCUT2D eigenvalue weighted by Crippen LogP contribution is -2.34. The van der Waals surface area contributed by atoms with Crippen molar-refractivity contribution in [1.82, 2.24) is 15.4 Å². The van der Waals surface area contributed by atoms with E-state index in [4.69, 9.17) is 11.6 Å². The van der Waals surface area contributed by atoms with Crippen LogP contribution < -0.4 is 16.2 Å². The zero-order valence-corrected chi connectivity index (χ0v) is 15.8. The summed E-state index contributed by atoms with van der Waals surface area (Å²) >= 11 is 7.87. The SMILES string of the molecule is Cc1cccc(Cl)c1NC(=O)NNc1ncnc2sc3c(c12)CCCC3. The van der Waals surface area contributed by atoms with Gasteiger partial charge < -0.3 is 5.32 Å². The number of hydrazine groups is 1. The molecule has 134 valence electrons. The summed E-state index contributed by atoms with van der Waals surface area (Å²) in [5, 5.41) is 4.28. The lowest BCUT2D eigenvalue weighted by molar-refractivity contribution is 0.254. The van der Waals surface area contributed by atoms with Gasteiger partial charge in [-0.1, -0.05) is 23.7 Å². The fraction of sp³-hybridized carbons (Fsp3) is 0.278. The van der Waals surface area contributed by atoms with Crippen molar-refractivity contribution < 1.29 is 4.79 Å². The van der Waals surface area contributed by atoms with Crippen LogP contribution in [0.25, 0.3) is 10.2 Å². The van der Waals surface area contributed by atoms with Gasteiger partial charge >= 0.3 is 6.03 Å². The molecule has 26 heavy (non-hydrogen) atoms. The number of fused-ring (bicyclic) bond motifs is 3. The Morgan fingerprint density at radius 3 is 2.92 bits per heavy atom. The van der Waals surface area contributed by atoms with Gasteiger partial charge in [0.05, 0.1) is 16.1 Å². The topological polar surface area (TPSA) is 78.9 Å². The fourth-order valence-corrected chi connectivity index (χ4v) is 4.73. The van der Waals surface area contributed by atoms with E-state index >= 15 is 0 Å². The second kappa shape index (κ2) is 7.09. The maximum Gasteiger partial charge on any atom is 0.337 e. The number of halogens is 1. The van der Waals surface area contributed by atoms with Gasteiger partial charge in [0.2, 0.25) is 0 Å². The molecule has 2 heterocycles. The average molecular weight is 388 g/mol. The second-order valence-electron chi connectivity index (χ2n) is 6.25. The number of benzene rings is 1. The molecule has 6 nitrogen and oxygen atoms in total. The molecular weight excluding hydrogens is 370 g/mol. The third kappa shape index (κ3) is 3.20. The minimum Gasteiger partial charge on any atom is -0.305 e. The minimum absolute atomic E-state index is 0.406. The molecule has 0 bridgehead atoms. The van der Waals surface area contributed by atoms with Crippen LogP contribution in [-0.4, -0.2) is 16.0 Å². The molecule has 1 aliphatic carbocycles. The van der Waals surface area contributed by atoms with Crippen LogP contribution in [0.4, 0.5) is 16.3 Å². The lowest BCUT2D eigenvalue weighted by atomic mass is 9.97. The largest absolute Gasteiger partial charge is 0.337 e. The summed E-state index contributed by atoms with van der Waals surface area (Å²) in [4.78, 5) is 23.3. The Bertz CT molecular complexity index is 967. The molecule has 1 aliphatic rings. The van der Waals surface area contributed by atoms with Crippen molar-refractivity contribution in [3.8, 4) is 0 Å². The van der Waals surface area contributed by atoms with Gasteiger partial charge in [0.25, 0.3) is 0 Å². The summed E-state index contributed by atoms with van der Waals surface area (Å²) in [7, 11) is 0. The predicted molar refractivity (Wildman–Crippen MR) is 106 cm³/mol. The molecule has 0 atom stereocenters. The Morgan fingerprint density at radius 1 is 1.23 bits per heavy atom. The number of rotatable bonds is 3. The normalized spacial score (nSPS) is 13.3. The number of nitrogens with one attached hydrogen (secondary N) is 3. The average Bonchev–Trinajstić information content (AvgIpc) is 3.02.